The number of ether oxygens (including phenoxy) is 2. The van der Waals surface area contributed by atoms with Gasteiger partial charge in [0, 0.05) is 37.8 Å². The number of nitrogens with zero attached hydrogens (tertiary/aromatic N) is 2. The molecule has 1 aliphatic rings. The molecule has 0 unspecified atom stereocenters. The number of carbonyl (C=O) groups excluding carboxylic acids is 3. The highest BCUT2D eigenvalue weighted by Gasteiger charge is 2.49. The van der Waals surface area contributed by atoms with Gasteiger partial charge in [-0.05, 0) is 31.9 Å². The van der Waals surface area contributed by atoms with E-state index in [9.17, 15) is 19.2 Å². The van der Waals surface area contributed by atoms with E-state index in [-0.39, 0.29) is 11.9 Å². The van der Waals surface area contributed by atoms with Gasteiger partial charge in [0.25, 0.3) is 0 Å². The number of para-hydroxylation sites is 1. The van der Waals surface area contributed by atoms with Crippen LogP contribution in [0.15, 0.2) is 42.5 Å². The molecule has 1 amide bonds. The van der Waals surface area contributed by atoms with Gasteiger partial charge < -0.3 is 19.5 Å². The van der Waals surface area contributed by atoms with Crippen LogP contribution in [-0.4, -0.2) is 73.2 Å². The summed E-state index contributed by atoms with van der Waals surface area (Å²) in [5, 5.41) is 7.83. The van der Waals surface area contributed by atoms with Gasteiger partial charge in [-0.15, -0.1) is 0 Å². The standard InChI is InChI=1S/C20H28N2O5.C4H6O2/c1-4-17(23)22(16-8-6-5-7-9-16)20(19(25)27-3)11-14-21(15-12-20)13-10-18(24)26-2;1-2-3-4(5)6/h5-9H,4,10-15H2,1-3H3;2-3H,1H3,(H,5,6)/b;3-2-. The van der Waals surface area contributed by atoms with Crippen molar-refractivity contribution >= 4 is 29.5 Å². The monoisotopic (exact) mass is 462 g/mol. The SMILES string of the molecule is C/C=C\C(=O)O.CCC(=O)N(c1ccccc1)C1(C(=O)OC)CCN(CCC(=O)OC)CC1. The number of likely N-dealkylation sites (tertiary alicyclic amines) is 1. The molecule has 9 nitrogen and oxygen atoms in total. The van der Waals surface area contributed by atoms with Crippen LogP contribution in [-0.2, 0) is 28.7 Å². The van der Waals surface area contributed by atoms with E-state index in [0.29, 0.717) is 51.0 Å². The Kier molecular flexibility index (Phi) is 11.9. The number of carboxylic acids is 1. The van der Waals surface area contributed by atoms with Crippen molar-refractivity contribution in [1.82, 2.24) is 4.90 Å². The summed E-state index contributed by atoms with van der Waals surface area (Å²) in [6.07, 6.45) is 4.04. The second kappa shape index (κ2) is 14.1. The molecule has 33 heavy (non-hydrogen) atoms. The molecular formula is C24H34N2O7. The lowest BCUT2D eigenvalue weighted by Gasteiger charge is -2.46. The van der Waals surface area contributed by atoms with Crippen LogP contribution in [0.4, 0.5) is 5.69 Å². The Morgan fingerprint density at radius 1 is 1.09 bits per heavy atom. The summed E-state index contributed by atoms with van der Waals surface area (Å²) in [5.74, 6) is -1.67. The summed E-state index contributed by atoms with van der Waals surface area (Å²) in [6, 6.07) is 9.24. The van der Waals surface area contributed by atoms with Crippen molar-refractivity contribution in [3.05, 3.63) is 42.5 Å². The Morgan fingerprint density at radius 2 is 1.70 bits per heavy atom. The number of allylic oxidation sites excluding steroid dienone is 1. The maximum atomic E-state index is 12.8. The first-order valence-electron chi connectivity index (χ1n) is 10.9. The van der Waals surface area contributed by atoms with Crippen molar-refractivity contribution in [2.45, 2.75) is 45.1 Å². The van der Waals surface area contributed by atoms with Gasteiger partial charge in [0.2, 0.25) is 5.91 Å². The van der Waals surface area contributed by atoms with Gasteiger partial charge in [0.05, 0.1) is 20.6 Å². The average molecular weight is 463 g/mol. The molecule has 1 aromatic carbocycles. The van der Waals surface area contributed by atoms with E-state index in [4.69, 9.17) is 9.84 Å². The second-order valence-electron chi connectivity index (χ2n) is 7.45. The van der Waals surface area contributed by atoms with Gasteiger partial charge in [-0.1, -0.05) is 31.2 Å². The number of rotatable bonds is 8. The number of hydrogen-bond donors (Lipinski definition) is 1. The average Bonchev–Trinajstić information content (AvgIpc) is 2.83. The number of piperidine rings is 1. The minimum atomic E-state index is -1.04. The highest BCUT2D eigenvalue weighted by Crippen LogP contribution is 2.35. The summed E-state index contributed by atoms with van der Waals surface area (Å²) < 4.78 is 9.80. The zero-order chi connectivity index (χ0) is 24.9. The zero-order valence-corrected chi connectivity index (χ0v) is 19.8. The summed E-state index contributed by atoms with van der Waals surface area (Å²) in [6.45, 7) is 5.19. The van der Waals surface area contributed by atoms with E-state index in [1.54, 1.807) is 18.7 Å². The number of hydrogen-bond acceptors (Lipinski definition) is 7. The molecule has 0 spiro atoms. The first-order valence-corrected chi connectivity index (χ1v) is 10.9. The number of methoxy groups -OCH3 is 2. The van der Waals surface area contributed by atoms with Crippen LogP contribution in [0.5, 0.6) is 0 Å². The quantitative estimate of drug-likeness (QED) is 0.463. The smallest absolute Gasteiger partial charge is 0.332 e. The van der Waals surface area contributed by atoms with Gasteiger partial charge >= 0.3 is 17.9 Å². The lowest BCUT2D eigenvalue weighted by atomic mass is 9.84. The fourth-order valence-electron chi connectivity index (χ4n) is 3.71. The molecule has 1 saturated heterocycles. The highest BCUT2D eigenvalue weighted by atomic mass is 16.5. The third kappa shape index (κ3) is 8.02. The number of amides is 1. The molecule has 1 aliphatic heterocycles. The molecule has 0 radical (unpaired) electrons. The van der Waals surface area contributed by atoms with Crippen LogP contribution in [0.2, 0.25) is 0 Å². The van der Waals surface area contributed by atoms with Crippen molar-refractivity contribution in [2.75, 3.05) is 38.8 Å². The number of anilines is 1. The Labute approximate surface area is 194 Å². The van der Waals surface area contributed by atoms with Gasteiger partial charge in [-0.25, -0.2) is 9.59 Å². The number of esters is 2. The molecule has 0 aromatic heterocycles. The van der Waals surface area contributed by atoms with Crippen molar-refractivity contribution in [3.63, 3.8) is 0 Å². The van der Waals surface area contributed by atoms with Crippen molar-refractivity contribution in [1.29, 1.82) is 0 Å². The van der Waals surface area contributed by atoms with Crippen LogP contribution in [0.25, 0.3) is 0 Å². The molecule has 182 valence electrons. The van der Waals surface area contributed by atoms with Crippen LogP contribution in [0.3, 0.4) is 0 Å². The lowest BCUT2D eigenvalue weighted by Crippen LogP contribution is -2.62. The predicted molar refractivity (Wildman–Crippen MR) is 124 cm³/mol. The highest BCUT2D eigenvalue weighted by molar-refractivity contribution is 6.02. The summed E-state index contributed by atoms with van der Waals surface area (Å²) >= 11 is 0. The fraction of sp³-hybridized carbons (Fsp3) is 0.500. The molecule has 0 bridgehead atoms. The molecule has 1 fully saturated rings. The van der Waals surface area contributed by atoms with Crippen LogP contribution >= 0.6 is 0 Å². The maximum absolute atomic E-state index is 12.8. The number of aliphatic carboxylic acids is 1. The molecular weight excluding hydrogens is 428 g/mol. The normalized spacial score (nSPS) is 15.2. The third-order valence-electron chi connectivity index (χ3n) is 5.41. The lowest BCUT2D eigenvalue weighted by molar-refractivity contribution is -0.151. The van der Waals surface area contributed by atoms with Crippen LogP contribution in [0, 0.1) is 0 Å². The van der Waals surface area contributed by atoms with E-state index >= 15 is 0 Å². The summed E-state index contributed by atoms with van der Waals surface area (Å²) in [5.41, 5.74) is -0.344. The first kappa shape index (κ1) is 27.8. The molecule has 1 aromatic rings. The molecule has 1 heterocycles. The predicted octanol–water partition coefficient (Wildman–Crippen LogP) is 2.65. The number of benzene rings is 1. The largest absolute Gasteiger partial charge is 0.478 e. The van der Waals surface area contributed by atoms with Crippen LogP contribution in [0.1, 0.15) is 39.5 Å². The molecule has 1 N–H and O–H groups in total. The molecule has 0 atom stereocenters. The number of carbonyl (C=O) groups is 4. The van der Waals surface area contributed by atoms with Crippen molar-refractivity contribution in [2.24, 2.45) is 0 Å². The summed E-state index contributed by atoms with van der Waals surface area (Å²) in [4.78, 5) is 50.3. The minimum absolute atomic E-state index is 0.116. The molecule has 2 rings (SSSR count). The van der Waals surface area contributed by atoms with Gasteiger partial charge in [-0.3, -0.25) is 14.5 Å². The number of carboxylic acid groups (broad SMARTS) is 1. The Hall–Kier alpha value is -3.20. The maximum Gasteiger partial charge on any atom is 0.332 e. The Morgan fingerprint density at radius 3 is 2.12 bits per heavy atom. The second-order valence-corrected chi connectivity index (χ2v) is 7.45. The van der Waals surface area contributed by atoms with Crippen molar-refractivity contribution < 1.29 is 33.8 Å². The fourth-order valence-corrected chi connectivity index (χ4v) is 3.71. The van der Waals surface area contributed by atoms with E-state index in [2.05, 4.69) is 9.64 Å². The molecule has 0 aliphatic carbocycles. The Bertz CT molecular complexity index is 815. The zero-order valence-electron chi connectivity index (χ0n) is 19.8. The molecule has 0 saturated carbocycles. The topological polar surface area (TPSA) is 113 Å². The van der Waals surface area contributed by atoms with E-state index in [1.807, 2.05) is 30.3 Å². The van der Waals surface area contributed by atoms with E-state index < -0.39 is 17.5 Å². The van der Waals surface area contributed by atoms with Crippen LogP contribution < -0.4 is 4.90 Å². The molecule has 9 heteroatoms. The van der Waals surface area contributed by atoms with E-state index in [1.165, 1.54) is 20.3 Å². The van der Waals surface area contributed by atoms with Gasteiger partial charge in [-0.2, -0.15) is 0 Å². The summed E-state index contributed by atoms with van der Waals surface area (Å²) in [7, 11) is 2.72. The van der Waals surface area contributed by atoms with Crippen molar-refractivity contribution in [3.8, 4) is 0 Å². The Balaban J connectivity index is 0.000000801. The van der Waals surface area contributed by atoms with Gasteiger partial charge in [0.1, 0.15) is 5.54 Å². The van der Waals surface area contributed by atoms with E-state index in [0.717, 1.165) is 6.08 Å². The third-order valence-corrected chi connectivity index (χ3v) is 5.41. The minimum Gasteiger partial charge on any atom is -0.478 e. The van der Waals surface area contributed by atoms with Gasteiger partial charge in [0.15, 0.2) is 0 Å². The first-order chi connectivity index (χ1) is 15.7.